The molecular formula is C21H24ClN5O4. The molecule has 1 unspecified atom stereocenters. The van der Waals surface area contributed by atoms with Gasteiger partial charge in [-0.2, -0.15) is 4.98 Å². The molecule has 0 aliphatic carbocycles. The number of piperidine rings is 1. The van der Waals surface area contributed by atoms with Gasteiger partial charge in [0.05, 0.1) is 13.7 Å². The average molecular weight is 446 g/mol. The fourth-order valence-corrected chi connectivity index (χ4v) is 3.98. The number of benzene rings is 1. The number of aromatic nitrogens is 2. The van der Waals surface area contributed by atoms with E-state index in [1.807, 2.05) is 6.07 Å². The number of anilines is 1. The quantitative estimate of drug-likeness (QED) is 0.678. The third-order valence-electron chi connectivity index (χ3n) is 5.35. The Labute approximate surface area is 185 Å². The fourth-order valence-electron chi connectivity index (χ4n) is 3.80. The summed E-state index contributed by atoms with van der Waals surface area (Å²) < 4.78 is 10.9. The molecule has 0 N–H and O–H groups in total. The Morgan fingerprint density at radius 3 is 2.94 bits per heavy atom. The highest BCUT2D eigenvalue weighted by Gasteiger charge is 2.33. The van der Waals surface area contributed by atoms with Gasteiger partial charge in [0, 0.05) is 42.6 Å². The summed E-state index contributed by atoms with van der Waals surface area (Å²) in [6.45, 7) is 2.15. The molecule has 2 fully saturated rings. The van der Waals surface area contributed by atoms with Gasteiger partial charge in [-0.05, 0) is 31.0 Å². The molecule has 3 heterocycles. The summed E-state index contributed by atoms with van der Waals surface area (Å²) in [5.74, 6) is 0.327. The van der Waals surface area contributed by atoms with Crippen molar-refractivity contribution in [3.8, 4) is 11.9 Å². The van der Waals surface area contributed by atoms with Crippen molar-refractivity contribution in [2.75, 3.05) is 44.7 Å². The van der Waals surface area contributed by atoms with E-state index in [1.54, 1.807) is 45.2 Å². The van der Waals surface area contributed by atoms with Crippen LogP contribution in [0.25, 0.3) is 0 Å². The van der Waals surface area contributed by atoms with Crippen molar-refractivity contribution in [1.82, 2.24) is 19.8 Å². The molecule has 1 aromatic heterocycles. The average Bonchev–Trinajstić information content (AvgIpc) is 3.14. The summed E-state index contributed by atoms with van der Waals surface area (Å²) >= 11 is 6.04. The number of urea groups is 1. The lowest BCUT2D eigenvalue weighted by Gasteiger charge is -2.33. The highest BCUT2D eigenvalue weighted by Crippen LogP contribution is 2.24. The molecule has 2 aliphatic rings. The lowest BCUT2D eigenvalue weighted by molar-refractivity contribution is -0.134. The van der Waals surface area contributed by atoms with Crippen LogP contribution in [0.5, 0.6) is 11.9 Å². The van der Waals surface area contributed by atoms with Gasteiger partial charge in [-0.1, -0.05) is 17.7 Å². The number of ether oxygens (including phenoxy) is 2. The summed E-state index contributed by atoms with van der Waals surface area (Å²) in [7, 11) is 1.49. The van der Waals surface area contributed by atoms with Crippen molar-refractivity contribution in [3.05, 3.63) is 41.6 Å². The number of hydrogen-bond acceptors (Lipinski definition) is 6. The van der Waals surface area contributed by atoms with Gasteiger partial charge < -0.3 is 19.3 Å². The zero-order valence-electron chi connectivity index (χ0n) is 17.2. The molecular weight excluding hydrogens is 422 g/mol. The van der Waals surface area contributed by atoms with Gasteiger partial charge in [0.15, 0.2) is 0 Å². The lowest BCUT2D eigenvalue weighted by atomic mass is 10.1. The van der Waals surface area contributed by atoms with Gasteiger partial charge >= 0.3 is 12.0 Å². The maximum Gasteiger partial charge on any atom is 0.325 e. The molecule has 2 aromatic rings. The molecule has 2 aliphatic heterocycles. The van der Waals surface area contributed by atoms with Crippen molar-refractivity contribution < 1.29 is 19.1 Å². The number of rotatable bonds is 6. The van der Waals surface area contributed by atoms with E-state index in [4.69, 9.17) is 21.1 Å². The van der Waals surface area contributed by atoms with Crippen molar-refractivity contribution in [2.45, 2.75) is 18.9 Å². The van der Waals surface area contributed by atoms with Gasteiger partial charge in [-0.15, -0.1) is 0 Å². The molecule has 1 aromatic carbocycles. The number of hydrogen-bond donors (Lipinski definition) is 0. The topological polar surface area (TPSA) is 88.1 Å². The summed E-state index contributed by atoms with van der Waals surface area (Å²) in [4.78, 5) is 38.8. The van der Waals surface area contributed by atoms with Crippen molar-refractivity contribution in [3.63, 3.8) is 0 Å². The smallest absolute Gasteiger partial charge is 0.325 e. The molecule has 3 amide bonds. The number of likely N-dealkylation sites (tertiary alicyclic amines) is 1. The third-order valence-corrected chi connectivity index (χ3v) is 5.58. The minimum atomic E-state index is -0.187. The second-order valence-corrected chi connectivity index (χ2v) is 7.88. The maximum atomic E-state index is 12.9. The largest absolute Gasteiger partial charge is 0.472 e. The monoisotopic (exact) mass is 445 g/mol. The van der Waals surface area contributed by atoms with E-state index in [9.17, 15) is 9.59 Å². The van der Waals surface area contributed by atoms with E-state index in [1.165, 1.54) is 7.11 Å². The van der Waals surface area contributed by atoms with Crippen LogP contribution in [0, 0.1) is 0 Å². The van der Waals surface area contributed by atoms with Crippen molar-refractivity contribution >= 4 is 29.2 Å². The molecule has 0 radical (unpaired) electrons. The first-order chi connectivity index (χ1) is 15.0. The predicted molar refractivity (Wildman–Crippen MR) is 115 cm³/mol. The first-order valence-electron chi connectivity index (χ1n) is 10.2. The molecule has 31 heavy (non-hydrogen) atoms. The number of amides is 3. The predicted octanol–water partition coefficient (Wildman–Crippen LogP) is 2.45. The standard InChI is InChI=1S/C21H24ClN5O4/c1-30-20-23-8-7-18(24-20)31-17-6-3-9-25(13-17)19(28)14-26-10-11-27(21(26)29)16-5-2-4-15(22)12-16/h2,4-5,7-8,12,17H,3,6,9-11,13-14H2,1H3. The Kier molecular flexibility index (Phi) is 6.41. The number of halogens is 1. The minimum absolute atomic E-state index is 0.0456. The Morgan fingerprint density at radius 1 is 1.26 bits per heavy atom. The first kappa shape index (κ1) is 21.2. The van der Waals surface area contributed by atoms with Crippen LogP contribution in [0.3, 0.4) is 0 Å². The summed E-state index contributed by atoms with van der Waals surface area (Å²) in [5, 5.41) is 0.570. The van der Waals surface area contributed by atoms with Gasteiger partial charge in [-0.25, -0.2) is 9.78 Å². The number of methoxy groups -OCH3 is 1. The van der Waals surface area contributed by atoms with E-state index in [0.29, 0.717) is 37.1 Å². The van der Waals surface area contributed by atoms with Crippen LogP contribution in [0.4, 0.5) is 10.5 Å². The molecule has 9 nitrogen and oxygen atoms in total. The first-order valence-corrected chi connectivity index (χ1v) is 10.5. The number of nitrogens with zero attached hydrogens (tertiary/aromatic N) is 5. The van der Waals surface area contributed by atoms with E-state index in [-0.39, 0.29) is 30.6 Å². The fraction of sp³-hybridized carbons (Fsp3) is 0.429. The van der Waals surface area contributed by atoms with Crippen LogP contribution in [0.15, 0.2) is 36.5 Å². The molecule has 0 bridgehead atoms. The Balaban J connectivity index is 1.33. The van der Waals surface area contributed by atoms with E-state index >= 15 is 0 Å². The van der Waals surface area contributed by atoms with E-state index in [0.717, 1.165) is 18.5 Å². The lowest BCUT2D eigenvalue weighted by Crippen LogP contribution is -2.48. The van der Waals surface area contributed by atoms with Crippen LogP contribution in [-0.4, -0.2) is 77.6 Å². The van der Waals surface area contributed by atoms with Crippen LogP contribution in [0.2, 0.25) is 5.02 Å². The number of carbonyl (C=O) groups excluding carboxylic acids is 2. The summed E-state index contributed by atoms with van der Waals surface area (Å²) in [6, 6.07) is 8.87. The summed E-state index contributed by atoms with van der Waals surface area (Å²) in [6.07, 6.45) is 3.04. The zero-order chi connectivity index (χ0) is 21.8. The molecule has 1 atom stereocenters. The SMILES string of the molecule is COc1nccc(OC2CCCN(C(=O)CN3CCN(c4cccc(Cl)c4)C3=O)C2)n1. The van der Waals surface area contributed by atoms with Crippen LogP contribution in [0.1, 0.15) is 12.8 Å². The Hall–Kier alpha value is -3.07. The van der Waals surface area contributed by atoms with Crippen molar-refractivity contribution in [2.24, 2.45) is 0 Å². The van der Waals surface area contributed by atoms with E-state index in [2.05, 4.69) is 9.97 Å². The second kappa shape index (κ2) is 9.38. The van der Waals surface area contributed by atoms with Gasteiger partial charge in [0.1, 0.15) is 12.6 Å². The number of carbonyl (C=O) groups is 2. The minimum Gasteiger partial charge on any atom is -0.472 e. The maximum absolute atomic E-state index is 12.9. The Bertz CT molecular complexity index is 959. The Morgan fingerprint density at radius 2 is 2.13 bits per heavy atom. The zero-order valence-corrected chi connectivity index (χ0v) is 18.0. The molecule has 4 rings (SSSR count). The molecule has 164 valence electrons. The van der Waals surface area contributed by atoms with Crippen molar-refractivity contribution in [1.29, 1.82) is 0 Å². The summed E-state index contributed by atoms with van der Waals surface area (Å²) in [5.41, 5.74) is 0.735. The third kappa shape index (κ3) is 4.99. The molecule has 10 heteroatoms. The highest BCUT2D eigenvalue weighted by molar-refractivity contribution is 6.30. The normalized spacial score (nSPS) is 19.0. The van der Waals surface area contributed by atoms with E-state index < -0.39 is 0 Å². The van der Waals surface area contributed by atoms with Crippen LogP contribution >= 0.6 is 11.6 Å². The molecule has 0 saturated carbocycles. The van der Waals surface area contributed by atoms with Gasteiger partial charge in [0.25, 0.3) is 0 Å². The van der Waals surface area contributed by atoms with Gasteiger partial charge in [-0.3, -0.25) is 9.69 Å². The molecule has 2 saturated heterocycles. The molecule has 0 spiro atoms. The van der Waals surface area contributed by atoms with Crippen LogP contribution < -0.4 is 14.4 Å². The second-order valence-electron chi connectivity index (χ2n) is 7.44. The van der Waals surface area contributed by atoms with Crippen LogP contribution in [-0.2, 0) is 4.79 Å². The highest BCUT2D eigenvalue weighted by atomic mass is 35.5. The van der Waals surface area contributed by atoms with Gasteiger partial charge in [0.2, 0.25) is 11.8 Å².